The molecular weight excluding hydrogens is 362 g/mol. The summed E-state index contributed by atoms with van der Waals surface area (Å²) in [5, 5.41) is 5.27. The first kappa shape index (κ1) is 17.7. The van der Waals surface area contributed by atoms with Crippen LogP contribution in [0.15, 0.2) is 54.2 Å². The first-order chi connectivity index (χ1) is 13.5. The Bertz CT molecular complexity index is 1010. The molecule has 0 aromatic heterocycles. The van der Waals surface area contributed by atoms with Crippen molar-refractivity contribution in [1.29, 1.82) is 0 Å². The predicted octanol–water partition coefficient (Wildman–Crippen LogP) is 2.62. The van der Waals surface area contributed by atoms with Crippen molar-refractivity contribution in [3.05, 3.63) is 70.3 Å². The summed E-state index contributed by atoms with van der Waals surface area (Å²) in [5.41, 5.74) is 1.82. The zero-order valence-electron chi connectivity index (χ0n) is 15.1. The highest BCUT2D eigenvalue weighted by Gasteiger charge is 2.30. The molecule has 2 N–H and O–H groups in total. The number of urea groups is 1. The Morgan fingerprint density at radius 3 is 2.68 bits per heavy atom. The minimum absolute atomic E-state index is 0.268. The van der Waals surface area contributed by atoms with Crippen LogP contribution in [-0.2, 0) is 0 Å². The van der Waals surface area contributed by atoms with E-state index < -0.39 is 12.1 Å². The van der Waals surface area contributed by atoms with Crippen LogP contribution < -0.4 is 20.1 Å². The van der Waals surface area contributed by atoms with Crippen molar-refractivity contribution < 1.29 is 23.8 Å². The van der Waals surface area contributed by atoms with E-state index in [9.17, 15) is 14.5 Å². The maximum Gasteiger partial charge on any atom is 0.319 e. The minimum atomic E-state index is -0.686. The lowest BCUT2D eigenvalue weighted by Gasteiger charge is -2.26. The molecule has 0 saturated carbocycles. The monoisotopic (exact) mass is 380 g/mol. The fourth-order valence-electron chi connectivity index (χ4n) is 3.19. The van der Waals surface area contributed by atoms with Gasteiger partial charge in [-0.15, -0.1) is 0 Å². The van der Waals surface area contributed by atoms with E-state index in [1.165, 1.54) is 13.2 Å². The summed E-state index contributed by atoms with van der Waals surface area (Å²) in [4.78, 5) is 36.7. The highest BCUT2D eigenvalue weighted by molar-refractivity contribution is 6.11. The highest BCUT2D eigenvalue weighted by Crippen LogP contribution is 2.34. The van der Waals surface area contributed by atoms with Crippen LogP contribution >= 0.6 is 0 Å². The van der Waals surface area contributed by atoms with Crippen molar-refractivity contribution in [2.45, 2.75) is 6.04 Å². The Kier molecular flexibility index (Phi) is 4.52. The maximum atomic E-state index is 13.2. The lowest BCUT2D eigenvalue weighted by atomic mass is 9.91. The number of benzene rings is 2. The van der Waals surface area contributed by atoms with E-state index in [0.29, 0.717) is 47.1 Å². The summed E-state index contributed by atoms with van der Waals surface area (Å²) in [6, 6.07) is 10.6. The number of hydrogen-bond acceptors (Lipinski definition) is 5. The van der Waals surface area contributed by atoms with Crippen molar-refractivity contribution in [3.8, 4) is 11.5 Å². The summed E-state index contributed by atoms with van der Waals surface area (Å²) in [5.74, 6) is 0.835. The number of ketones is 1. The fraction of sp³-hybridized carbons (Fsp3) is 0.200. The number of fused-ring (bicyclic) bond motifs is 1. The first-order valence-corrected chi connectivity index (χ1v) is 8.75. The minimum Gasteiger partial charge on any atom is -0.486 e. The van der Waals surface area contributed by atoms with E-state index in [0.717, 1.165) is 4.76 Å². The van der Waals surface area contributed by atoms with Gasteiger partial charge in [0.2, 0.25) is 0 Å². The highest BCUT2D eigenvalue weighted by atomic mass is 16.6. The van der Waals surface area contributed by atoms with Crippen molar-refractivity contribution in [3.63, 3.8) is 0 Å². The summed E-state index contributed by atoms with van der Waals surface area (Å²) in [6.07, 6.45) is 1.40. The van der Waals surface area contributed by atoms with Gasteiger partial charge in [-0.2, -0.15) is 0 Å². The quantitative estimate of drug-likeness (QED) is 0.628. The SMILES string of the molecule is C[N+](=O)c1cccc(C2NC(=O)NC=C2C(=O)c2ccc3c(c2)OCCO3)c1. The molecule has 4 rings (SSSR count). The largest absolute Gasteiger partial charge is 0.486 e. The maximum absolute atomic E-state index is 13.2. The number of carbonyl (C=O) groups is 2. The van der Waals surface area contributed by atoms with Crippen LogP contribution in [0.1, 0.15) is 22.0 Å². The van der Waals surface area contributed by atoms with Gasteiger partial charge in [0.25, 0.3) is 5.69 Å². The Morgan fingerprint density at radius 2 is 1.89 bits per heavy atom. The van der Waals surface area contributed by atoms with Crippen LogP contribution in [0.25, 0.3) is 0 Å². The Hall–Kier alpha value is -3.68. The summed E-state index contributed by atoms with van der Waals surface area (Å²) in [6.45, 7) is 0.886. The smallest absolute Gasteiger partial charge is 0.319 e. The predicted molar refractivity (Wildman–Crippen MR) is 99.9 cm³/mol. The van der Waals surface area contributed by atoms with E-state index >= 15 is 0 Å². The average Bonchev–Trinajstić information content (AvgIpc) is 2.73. The van der Waals surface area contributed by atoms with Gasteiger partial charge in [0.1, 0.15) is 13.2 Å². The van der Waals surface area contributed by atoms with Crippen molar-refractivity contribution >= 4 is 17.5 Å². The van der Waals surface area contributed by atoms with Crippen LogP contribution in [0.4, 0.5) is 10.5 Å². The number of nitrogens with one attached hydrogen (secondary N) is 2. The van der Waals surface area contributed by atoms with Gasteiger partial charge in [-0.3, -0.25) is 4.79 Å². The number of nitrogens with zero attached hydrogens (tertiary/aromatic N) is 1. The molecule has 2 aliphatic rings. The van der Waals surface area contributed by atoms with Crippen LogP contribution in [0, 0.1) is 4.91 Å². The number of ether oxygens (including phenoxy) is 2. The third-order valence-electron chi connectivity index (χ3n) is 4.58. The van der Waals surface area contributed by atoms with Gasteiger partial charge in [0.15, 0.2) is 24.3 Å². The molecule has 8 heteroatoms. The Balaban J connectivity index is 1.70. The molecule has 2 heterocycles. The van der Waals surface area contributed by atoms with Gasteiger partial charge >= 0.3 is 6.03 Å². The van der Waals surface area contributed by atoms with Crippen molar-refractivity contribution in [2.24, 2.45) is 0 Å². The van der Waals surface area contributed by atoms with Crippen molar-refractivity contribution in [1.82, 2.24) is 10.6 Å². The second-order valence-corrected chi connectivity index (χ2v) is 6.43. The van der Waals surface area contributed by atoms with Crippen LogP contribution in [-0.4, -0.2) is 36.8 Å². The van der Waals surface area contributed by atoms with Gasteiger partial charge < -0.3 is 20.1 Å². The van der Waals surface area contributed by atoms with Gasteiger partial charge in [0, 0.05) is 39.1 Å². The molecule has 2 amide bonds. The number of nitroso groups, excluding NO2 is 1. The Morgan fingerprint density at radius 1 is 1.11 bits per heavy atom. The van der Waals surface area contributed by atoms with E-state index in [2.05, 4.69) is 10.6 Å². The molecule has 2 aromatic carbocycles. The molecule has 2 aliphatic heterocycles. The Labute approximate surface area is 160 Å². The zero-order chi connectivity index (χ0) is 19.7. The fourth-order valence-corrected chi connectivity index (χ4v) is 3.19. The molecule has 28 heavy (non-hydrogen) atoms. The third-order valence-corrected chi connectivity index (χ3v) is 4.58. The van der Waals surface area contributed by atoms with Crippen molar-refractivity contribution in [2.75, 3.05) is 20.3 Å². The van der Waals surface area contributed by atoms with E-state index in [1.54, 1.807) is 42.5 Å². The molecular formula is C20H18N3O5+. The molecule has 0 aliphatic carbocycles. The normalized spacial score (nSPS) is 17.8. The molecule has 0 saturated heterocycles. The number of Topliss-reactive ketones (excluding diaryl/α,β-unsaturated/α-hetero) is 1. The molecule has 142 valence electrons. The average molecular weight is 380 g/mol. The molecule has 8 nitrogen and oxygen atoms in total. The van der Waals surface area contributed by atoms with E-state index in [1.807, 2.05) is 0 Å². The number of hydrogen-bond donors (Lipinski definition) is 2. The summed E-state index contributed by atoms with van der Waals surface area (Å²) < 4.78 is 11.8. The van der Waals surface area contributed by atoms with Crippen LogP contribution in [0.3, 0.4) is 0 Å². The second-order valence-electron chi connectivity index (χ2n) is 6.43. The molecule has 0 bridgehead atoms. The van der Waals surface area contributed by atoms with Gasteiger partial charge in [-0.1, -0.05) is 12.1 Å². The summed E-state index contributed by atoms with van der Waals surface area (Å²) in [7, 11) is 1.39. The number of rotatable bonds is 4. The topological polar surface area (TPSA) is 96.7 Å². The van der Waals surface area contributed by atoms with Gasteiger partial charge in [0.05, 0.1) is 6.04 Å². The second kappa shape index (κ2) is 7.15. The zero-order valence-corrected chi connectivity index (χ0v) is 15.1. The lowest BCUT2D eigenvalue weighted by molar-refractivity contribution is -0.428. The number of amides is 2. The molecule has 1 atom stereocenters. The first-order valence-electron chi connectivity index (χ1n) is 8.75. The molecule has 0 spiro atoms. The standard InChI is InChI=1S/C20H17N3O5/c1-23(26)14-4-2-3-12(9-14)18-15(11-21-20(25)22-18)19(24)13-5-6-16-17(10-13)28-8-7-27-16/h2-6,9-11,18H,7-8H2,1H3,(H-,21,22,24,25)/p+1. The van der Waals surface area contributed by atoms with E-state index in [-0.39, 0.29) is 5.78 Å². The lowest BCUT2D eigenvalue weighted by Crippen LogP contribution is -2.42. The molecule has 1 unspecified atom stereocenters. The third kappa shape index (κ3) is 3.32. The van der Waals surface area contributed by atoms with Crippen LogP contribution in [0.2, 0.25) is 0 Å². The van der Waals surface area contributed by atoms with Crippen LogP contribution in [0.5, 0.6) is 11.5 Å². The number of carbonyl (C=O) groups excluding carboxylic acids is 2. The molecule has 0 fully saturated rings. The van der Waals surface area contributed by atoms with E-state index in [4.69, 9.17) is 9.47 Å². The summed E-state index contributed by atoms with van der Waals surface area (Å²) >= 11 is 0. The molecule has 2 aromatic rings. The van der Waals surface area contributed by atoms with Gasteiger partial charge in [-0.05, 0) is 23.8 Å². The molecule has 0 radical (unpaired) electrons. The van der Waals surface area contributed by atoms with Gasteiger partial charge in [-0.25, -0.2) is 4.79 Å².